The number of aromatic nitrogens is 1. The molecule has 0 atom stereocenters. The van der Waals surface area contributed by atoms with Gasteiger partial charge in [-0.25, -0.2) is 9.78 Å². The third-order valence-corrected chi connectivity index (χ3v) is 3.19. The number of carboxylic acid groups (broad SMARTS) is 1. The summed E-state index contributed by atoms with van der Waals surface area (Å²) in [6, 6.07) is 8.72. The summed E-state index contributed by atoms with van der Waals surface area (Å²) in [4.78, 5) is 17.8. The van der Waals surface area contributed by atoms with Crippen molar-refractivity contribution in [1.29, 1.82) is 0 Å². The van der Waals surface area contributed by atoms with Crippen LogP contribution in [-0.2, 0) is 4.74 Å². The van der Waals surface area contributed by atoms with E-state index in [0.717, 1.165) is 5.82 Å². The van der Waals surface area contributed by atoms with Crippen molar-refractivity contribution < 1.29 is 14.6 Å². The maximum absolute atomic E-state index is 11.2. The zero-order valence-electron chi connectivity index (χ0n) is 12.0. The standard InChI is InChI=1S/C16H18N2O3/c1-3-9-18(10-11-21-2)15-8-7-12-13(16(19)20)5-4-6-14(12)17-15/h3-8H,1,9-11H2,2H3,(H,19,20). The molecule has 0 fully saturated rings. The van der Waals surface area contributed by atoms with Crippen molar-refractivity contribution in [2.24, 2.45) is 0 Å². The monoisotopic (exact) mass is 286 g/mol. The third kappa shape index (κ3) is 3.38. The molecule has 0 aliphatic heterocycles. The van der Waals surface area contributed by atoms with Gasteiger partial charge in [-0.3, -0.25) is 0 Å². The van der Waals surface area contributed by atoms with E-state index in [-0.39, 0.29) is 5.56 Å². The number of methoxy groups -OCH3 is 1. The van der Waals surface area contributed by atoms with Gasteiger partial charge < -0.3 is 14.7 Å². The van der Waals surface area contributed by atoms with Crippen LogP contribution >= 0.6 is 0 Å². The molecule has 0 aliphatic rings. The third-order valence-electron chi connectivity index (χ3n) is 3.19. The molecular weight excluding hydrogens is 268 g/mol. The van der Waals surface area contributed by atoms with Gasteiger partial charge in [0.15, 0.2) is 0 Å². The molecule has 0 saturated carbocycles. The average molecular weight is 286 g/mol. The molecule has 2 rings (SSSR count). The van der Waals surface area contributed by atoms with Gasteiger partial charge in [0, 0.05) is 25.6 Å². The number of hydrogen-bond acceptors (Lipinski definition) is 4. The molecule has 0 saturated heterocycles. The topological polar surface area (TPSA) is 62.7 Å². The van der Waals surface area contributed by atoms with Crippen molar-refractivity contribution in [3.8, 4) is 0 Å². The SMILES string of the molecule is C=CCN(CCOC)c1ccc2c(C(=O)O)cccc2n1. The van der Waals surface area contributed by atoms with E-state index < -0.39 is 5.97 Å². The summed E-state index contributed by atoms with van der Waals surface area (Å²) in [6.07, 6.45) is 1.80. The molecular formula is C16H18N2O3. The molecule has 0 aliphatic carbocycles. The number of rotatable bonds is 7. The van der Waals surface area contributed by atoms with Crippen LogP contribution in [0.1, 0.15) is 10.4 Å². The molecule has 5 nitrogen and oxygen atoms in total. The Balaban J connectivity index is 2.41. The first kappa shape index (κ1) is 15.0. The first-order valence-corrected chi connectivity index (χ1v) is 6.65. The molecule has 5 heteroatoms. The first-order chi connectivity index (χ1) is 10.2. The van der Waals surface area contributed by atoms with Crippen molar-refractivity contribution in [2.75, 3.05) is 31.7 Å². The number of pyridine rings is 1. The van der Waals surface area contributed by atoms with Crippen molar-refractivity contribution >= 4 is 22.7 Å². The van der Waals surface area contributed by atoms with Crippen LogP contribution in [0.4, 0.5) is 5.82 Å². The lowest BCUT2D eigenvalue weighted by Crippen LogP contribution is -2.28. The van der Waals surface area contributed by atoms with Gasteiger partial charge in [-0.05, 0) is 24.3 Å². The van der Waals surface area contributed by atoms with Crippen molar-refractivity contribution in [1.82, 2.24) is 4.98 Å². The number of carbonyl (C=O) groups is 1. The number of fused-ring (bicyclic) bond motifs is 1. The second-order valence-electron chi connectivity index (χ2n) is 4.57. The molecule has 1 N–H and O–H groups in total. The lowest BCUT2D eigenvalue weighted by Gasteiger charge is -2.22. The molecule has 0 bridgehead atoms. The van der Waals surface area contributed by atoms with Crippen molar-refractivity contribution in [2.45, 2.75) is 0 Å². The Kier molecular flexibility index (Phi) is 4.90. The van der Waals surface area contributed by atoms with Crippen LogP contribution in [0.15, 0.2) is 43.0 Å². The van der Waals surface area contributed by atoms with Crippen LogP contribution in [0.5, 0.6) is 0 Å². The summed E-state index contributed by atoms with van der Waals surface area (Å²) in [5, 5.41) is 9.83. The fourth-order valence-electron chi connectivity index (χ4n) is 2.16. The molecule has 1 aromatic carbocycles. The second kappa shape index (κ2) is 6.85. The highest BCUT2D eigenvalue weighted by Gasteiger charge is 2.11. The van der Waals surface area contributed by atoms with Crippen LogP contribution in [0.25, 0.3) is 10.9 Å². The van der Waals surface area contributed by atoms with Gasteiger partial charge in [-0.1, -0.05) is 12.1 Å². The molecule has 0 unspecified atom stereocenters. The fraction of sp³-hybridized carbons (Fsp3) is 0.250. The lowest BCUT2D eigenvalue weighted by atomic mass is 10.1. The van der Waals surface area contributed by atoms with Gasteiger partial charge in [0.2, 0.25) is 0 Å². The van der Waals surface area contributed by atoms with Crippen LogP contribution < -0.4 is 4.90 Å². The highest BCUT2D eigenvalue weighted by molar-refractivity contribution is 6.02. The lowest BCUT2D eigenvalue weighted by molar-refractivity contribution is 0.0699. The molecule has 21 heavy (non-hydrogen) atoms. The Morgan fingerprint density at radius 2 is 2.24 bits per heavy atom. The maximum Gasteiger partial charge on any atom is 0.336 e. The fourth-order valence-corrected chi connectivity index (χ4v) is 2.16. The Hall–Kier alpha value is -2.40. The van der Waals surface area contributed by atoms with Gasteiger partial charge >= 0.3 is 5.97 Å². The van der Waals surface area contributed by atoms with E-state index in [2.05, 4.69) is 11.6 Å². The van der Waals surface area contributed by atoms with E-state index in [1.807, 2.05) is 17.0 Å². The first-order valence-electron chi connectivity index (χ1n) is 6.65. The van der Waals surface area contributed by atoms with Crippen molar-refractivity contribution in [3.05, 3.63) is 48.6 Å². The summed E-state index contributed by atoms with van der Waals surface area (Å²) in [5.41, 5.74) is 0.928. The Morgan fingerprint density at radius 3 is 2.90 bits per heavy atom. The summed E-state index contributed by atoms with van der Waals surface area (Å²) in [6.45, 7) is 5.68. The summed E-state index contributed by atoms with van der Waals surface area (Å²) in [7, 11) is 1.65. The predicted molar refractivity (Wildman–Crippen MR) is 83.0 cm³/mol. The zero-order chi connectivity index (χ0) is 15.2. The summed E-state index contributed by atoms with van der Waals surface area (Å²) >= 11 is 0. The van der Waals surface area contributed by atoms with E-state index in [0.29, 0.717) is 30.6 Å². The number of aromatic carboxylic acids is 1. The Morgan fingerprint density at radius 1 is 1.43 bits per heavy atom. The van der Waals surface area contributed by atoms with E-state index in [1.165, 1.54) is 0 Å². The number of hydrogen-bond donors (Lipinski definition) is 1. The summed E-state index contributed by atoms with van der Waals surface area (Å²) in [5.74, 6) is -0.167. The molecule has 0 spiro atoms. The minimum atomic E-state index is -0.947. The van der Waals surface area contributed by atoms with E-state index >= 15 is 0 Å². The van der Waals surface area contributed by atoms with Crippen LogP contribution in [0.2, 0.25) is 0 Å². The molecule has 1 heterocycles. The second-order valence-corrected chi connectivity index (χ2v) is 4.57. The number of carboxylic acids is 1. The number of anilines is 1. The van der Waals surface area contributed by atoms with E-state index in [9.17, 15) is 9.90 Å². The van der Waals surface area contributed by atoms with Crippen molar-refractivity contribution in [3.63, 3.8) is 0 Å². The minimum Gasteiger partial charge on any atom is -0.478 e. The normalized spacial score (nSPS) is 10.5. The van der Waals surface area contributed by atoms with E-state index in [1.54, 1.807) is 31.4 Å². The zero-order valence-corrected chi connectivity index (χ0v) is 12.0. The van der Waals surface area contributed by atoms with Crippen LogP contribution in [0.3, 0.4) is 0 Å². The maximum atomic E-state index is 11.2. The Labute approximate surface area is 123 Å². The van der Waals surface area contributed by atoms with Crippen LogP contribution in [-0.4, -0.2) is 42.9 Å². The average Bonchev–Trinajstić information content (AvgIpc) is 2.50. The predicted octanol–water partition coefficient (Wildman–Crippen LogP) is 2.57. The molecule has 0 radical (unpaired) electrons. The molecule has 110 valence electrons. The molecule has 2 aromatic rings. The van der Waals surface area contributed by atoms with Gasteiger partial charge in [0.1, 0.15) is 5.82 Å². The van der Waals surface area contributed by atoms with E-state index in [4.69, 9.17) is 4.74 Å². The number of nitrogens with zero attached hydrogens (tertiary/aromatic N) is 2. The summed E-state index contributed by atoms with van der Waals surface area (Å²) < 4.78 is 5.10. The van der Waals surface area contributed by atoms with Gasteiger partial charge in [0.05, 0.1) is 17.7 Å². The van der Waals surface area contributed by atoms with Gasteiger partial charge in [-0.15, -0.1) is 6.58 Å². The number of benzene rings is 1. The highest BCUT2D eigenvalue weighted by Crippen LogP contribution is 2.21. The number of ether oxygens (including phenoxy) is 1. The largest absolute Gasteiger partial charge is 0.478 e. The van der Waals surface area contributed by atoms with Gasteiger partial charge in [-0.2, -0.15) is 0 Å². The quantitative estimate of drug-likeness (QED) is 0.793. The molecule has 0 amide bonds. The smallest absolute Gasteiger partial charge is 0.336 e. The molecule has 1 aromatic heterocycles. The minimum absolute atomic E-state index is 0.263. The highest BCUT2D eigenvalue weighted by atomic mass is 16.5. The Bertz CT molecular complexity index is 655. The van der Waals surface area contributed by atoms with Crippen LogP contribution in [0, 0.1) is 0 Å². The van der Waals surface area contributed by atoms with Gasteiger partial charge in [0.25, 0.3) is 0 Å².